The van der Waals surface area contributed by atoms with Crippen LogP contribution in [0.5, 0.6) is 5.75 Å². The van der Waals surface area contributed by atoms with Gasteiger partial charge in [-0.2, -0.15) is 0 Å². The molecule has 20 heavy (non-hydrogen) atoms. The van der Waals surface area contributed by atoms with Gasteiger partial charge in [0.05, 0.1) is 0 Å². The van der Waals surface area contributed by atoms with Crippen LogP contribution in [0, 0.1) is 0 Å². The summed E-state index contributed by atoms with van der Waals surface area (Å²) in [5.41, 5.74) is 2.40. The molecule has 1 aliphatic heterocycles. The molecule has 0 radical (unpaired) electrons. The number of nitrogens with one attached hydrogen (secondary N) is 1. The molecule has 0 bridgehead atoms. The normalized spacial score (nSPS) is 15.4. The summed E-state index contributed by atoms with van der Waals surface area (Å²) in [5.74, 6) is 1.00. The number of piperidine rings is 1. The first-order valence-electron chi connectivity index (χ1n) is 6.95. The summed E-state index contributed by atoms with van der Waals surface area (Å²) in [6.45, 7) is 2.11. The second-order valence-corrected chi connectivity index (χ2v) is 4.93. The lowest BCUT2D eigenvalue weighted by Gasteiger charge is -2.25. The molecular formula is C17H20ClNO. The first-order valence-corrected chi connectivity index (χ1v) is 6.95. The van der Waals surface area contributed by atoms with E-state index >= 15 is 0 Å². The topological polar surface area (TPSA) is 21.3 Å². The second kappa shape index (κ2) is 7.32. The summed E-state index contributed by atoms with van der Waals surface area (Å²) in [6.07, 6.45) is 2.51. The maximum Gasteiger partial charge on any atom is 0.127 e. The van der Waals surface area contributed by atoms with E-state index in [1.807, 2.05) is 12.1 Å². The van der Waals surface area contributed by atoms with Crippen LogP contribution < -0.4 is 10.1 Å². The molecular weight excluding hydrogens is 270 g/mol. The zero-order chi connectivity index (χ0) is 12.9. The highest BCUT2D eigenvalue weighted by Crippen LogP contribution is 2.31. The van der Waals surface area contributed by atoms with Crippen LogP contribution in [0.1, 0.15) is 12.8 Å². The minimum atomic E-state index is 0. The molecule has 106 valence electrons. The van der Waals surface area contributed by atoms with E-state index in [1.54, 1.807) is 0 Å². The summed E-state index contributed by atoms with van der Waals surface area (Å²) in [7, 11) is 0. The van der Waals surface area contributed by atoms with Crippen molar-refractivity contribution in [3.63, 3.8) is 0 Å². The van der Waals surface area contributed by atoms with Gasteiger partial charge in [-0.25, -0.2) is 0 Å². The highest BCUT2D eigenvalue weighted by molar-refractivity contribution is 5.85. The molecule has 0 unspecified atom stereocenters. The van der Waals surface area contributed by atoms with Crippen molar-refractivity contribution in [1.29, 1.82) is 0 Å². The Morgan fingerprint density at radius 2 is 1.50 bits per heavy atom. The third-order valence-electron chi connectivity index (χ3n) is 3.55. The number of hydrogen-bond acceptors (Lipinski definition) is 2. The largest absolute Gasteiger partial charge is 0.490 e. The Labute approximate surface area is 126 Å². The molecule has 0 spiro atoms. The van der Waals surface area contributed by atoms with Gasteiger partial charge >= 0.3 is 0 Å². The van der Waals surface area contributed by atoms with Crippen LogP contribution >= 0.6 is 12.4 Å². The van der Waals surface area contributed by atoms with Crippen LogP contribution in [0.2, 0.25) is 0 Å². The Morgan fingerprint density at radius 1 is 0.850 bits per heavy atom. The first-order chi connectivity index (χ1) is 9.43. The average Bonchev–Trinajstić information content (AvgIpc) is 2.50. The monoisotopic (exact) mass is 289 g/mol. The summed E-state index contributed by atoms with van der Waals surface area (Å²) in [6, 6.07) is 18.7. The van der Waals surface area contributed by atoms with Gasteiger partial charge in [-0.1, -0.05) is 48.5 Å². The van der Waals surface area contributed by atoms with Crippen molar-refractivity contribution in [2.75, 3.05) is 13.1 Å². The van der Waals surface area contributed by atoms with E-state index in [4.69, 9.17) is 4.74 Å². The van der Waals surface area contributed by atoms with Crippen molar-refractivity contribution in [2.24, 2.45) is 0 Å². The molecule has 0 amide bonds. The van der Waals surface area contributed by atoms with Crippen LogP contribution in [0.25, 0.3) is 11.1 Å². The van der Waals surface area contributed by atoms with E-state index in [9.17, 15) is 0 Å². The van der Waals surface area contributed by atoms with Crippen molar-refractivity contribution in [1.82, 2.24) is 5.32 Å². The molecule has 3 heteroatoms. The molecule has 0 atom stereocenters. The van der Waals surface area contributed by atoms with Gasteiger partial charge in [0.1, 0.15) is 11.9 Å². The van der Waals surface area contributed by atoms with E-state index < -0.39 is 0 Å². The van der Waals surface area contributed by atoms with Gasteiger partial charge in [-0.3, -0.25) is 0 Å². The predicted molar refractivity (Wildman–Crippen MR) is 85.6 cm³/mol. The molecule has 1 saturated heterocycles. The maximum atomic E-state index is 6.20. The first kappa shape index (κ1) is 14.9. The average molecular weight is 290 g/mol. The Bertz CT molecular complexity index is 524. The van der Waals surface area contributed by atoms with Crippen molar-refractivity contribution in [2.45, 2.75) is 18.9 Å². The van der Waals surface area contributed by atoms with E-state index in [2.05, 4.69) is 47.8 Å². The third-order valence-corrected chi connectivity index (χ3v) is 3.55. The van der Waals surface area contributed by atoms with E-state index in [0.717, 1.165) is 31.7 Å². The fourth-order valence-electron chi connectivity index (χ4n) is 2.52. The smallest absolute Gasteiger partial charge is 0.127 e. The highest BCUT2D eigenvalue weighted by Gasteiger charge is 2.16. The lowest BCUT2D eigenvalue weighted by molar-refractivity contribution is 0.163. The van der Waals surface area contributed by atoms with Gasteiger partial charge in [0, 0.05) is 5.56 Å². The Hall–Kier alpha value is -1.51. The van der Waals surface area contributed by atoms with Crippen LogP contribution in [-0.4, -0.2) is 19.2 Å². The molecule has 1 fully saturated rings. The Kier molecular flexibility index (Phi) is 5.45. The number of rotatable bonds is 3. The fourth-order valence-corrected chi connectivity index (χ4v) is 2.52. The minimum Gasteiger partial charge on any atom is -0.490 e. The molecule has 0 aliphatic carbocycles. The number of ether oxygens (including phenoxy) is 1. The summed E-state index contributed by atoms with van der Waals surface area (Å²) < 4.78 is 6.20. The molecule has 1 N–H and O–H groups in total. The maximum absolute atomic E-state index is 6.20. The van der Waals surface area contributed by atoms with E-state index in [1.165, 1.54) is 11.1 Å². The third kappa shape index (κ3) is 3.53. The molecule has 2 aromatic carbocycles. The molecule has 0 aromatic heterocycles. The van der Waals surface area contributed by atoms with E-state index in [-0.39, 0.29) is 12.4 Å². The van der Waals surface area contributed by atoms with Crippen LogP contribution in [0.4, 0.5) is 0 Å². The zero-order valence-corrected chi connectivity index (χ0v) is 12.2. The number of hydrogen-bond donors (Lipinski definition) is 1. The fraction of sp³-hybridized carbons (Fsp3) is 0.294. The molecule has 1 aliphatic rings. The lowest BCUT2D eigenvalue weighted by Crippen LogP contribution is -2.34. The minimum absolute atomic E-state index is 0. The second-order valence-electron chi connectivity index (χ2n) is 4.93. The number of benzene rings is 2. The summed E-state index contributed by atoms with van der Waals surface area (Å²) in [4.78, 5) is 0. The summed E-state index contributed by atoms with van der Waals surface area (Å²) in [5, 5.41) is 3.37. The zero-order valence-electron chi connectivity index (χ0n) is 11.4. The van der Waals surface area contributed by atoms with Crippen molar-refractivity contribution >= 4 is 12.4 Å². The van der Waals surface area contributed by atoms with Gasteiger partial charge < -0.3 is 10.1 Å². The van der Waals surface area contributed by atoms with Gasteiger partial charge in [-0.05, 0) is 37.6 Å². The van der Waals surface area contributed by atoms with Gasteiger partial charge in [0.2, 0.25) is 0 Å². The lowest BCUT2D eigenvalue weighted by atomic mass is 10.0. The number of para-hydroxylation sites is 1. The van der Waals surface area contributed by atoms with Crippen LogP contribution in [-0.2, 0) is 0 Å². The number of halogens is 1. The molecule has 3 rings (SSSR count). The van der Waals surface area contributed by atoms with Gasteiger partial charge in [0.15, 0.2) is 0 Å². The van der Waals surface area contributed by atoms with Crippen molar-refractivity contribution in [3.05, 3.63) is 54.6 Å². The molecule has 0 saturated carbocycles. The highest BCUT2D eigenvalue weighted by atomic mass is 35.5. The molecule has 1 heterocycles. The summed E-state index contributed by atoms with van der Waals surface area (Å²) >= 11 is 0. The Morgan fingerprint density at radius 3 is 2.25 bits per heavy atom. The quantitative estimate of drug-likeness (QED) is 0.925. The van der Waals surface area contributed by atoms with Crippen molar-refractivity contribution < 1.29 is 4.74 Å². The van der Waals surface area contributed by atoms with Crippen molar-refractivity contribution in [3.8, 4) is 16.9 Å². The SMILES string of the molecule is Cl.c1ccc(-c2ccccc2OC2CCNCC2)cc1. The van der Waals surface area contributed by atoms with E-state index in [0.29, 0.717) is 6.10 Å². The molecule has 2 nitrogen and oxygen atoms in total. The molecule has 2 aromatic rings. The van der Waals surface area contributed by atoms with Crippen LogP contribution in [0.15, 0.2) is 54.6 Å². The van der Waals surface area contributed by atoms with Gasteiger partial charge in [0.25, 0.3) is 0 Å². The predicted octanol–water partition coefficient (Wildman–Crippen LogP) is 3.91. The van der Waals surface area contributed by atoms with Crippen LogP contribution in [0.3, 0.4) is 0 Å². The van der Waals surface area contributed by atoms with Gasteiger partial charge in [-0.15, -0.1) is 12.4 Å². The Balaban J connectivity index is 0.00000147. The standard InChI is InChI=1S/C17H19NO.ClH/c1-2-6-14(7-3-1)16-8-4-5-9-17(16)19-15-10-12-18-13-11-15;/h1-9,15,18H,10-13H2;1H.